The number of rotatable bonds is 6. The number of nitrogen functional groups attached to an aromatic ring is 1. The summed E-state index contributed by atoms with van der Waals surface area (Å²) in [6.45, 7) is -0.695. The number of amides is 1. The standard InChI is InChI=1S/C10H16N5O8P/c11-1-4-13-5(8(12)14-4)9(18)15-10-7(17)6(16)3(23-10)2-22-24(19,20)21/h1,3,6-7,10-11,16-17H,2,12H2,(H,13,14)(H,15,18)(H2,19,20,21)/t3-,6-,7-,10?/m1/s1. The van der Waals surface area contributed by atoms with E-state index in [-0.39, 0.29) is 17.3 Å². The van der Waals surface area contributed by atoms with E-state index >= 15 is 0 Å². The molecule has 1 aromatic rings. The number of ether oxygens (including phenoxy) is 1. The monoisotopic (exact) mass is 365 g/mol. The zero-order valence-electron chi connectivity index (χ0n) is 12.0. The second kappa shape index (κ2) is 6.94. The predicted octanol–water partition coefficient (Wildman–Crippen LogP) is -2.72. The Kier molecular flexibility index (Phi) is 5.35. The van der Waals surface area contributed by atoms with Crippen molar-refractivity contribution in [3.63, 3.8) is 0 Å². The molecule has 14 heteroatoms. The number of hydrogen-bond acceptors (Lipinski definition) is 9. The molecule has 1 aromatic heterocycles. The Balaban J connectivity index is 2.01. The van der Waals surface area contributed by atoms with Gasteiger partial charge in [0.25, 0.3) is 5.91 Å². The molecule has 2 heterocycles. The van der Waals surface area contributed by atoms with Crippen molar-refractivity contribution in [1.82, 2.24) is 15.3 Å². The normalized spacial score (nSPS) is 27.2. The van der Waals surface area contributed by atoms with Crippen LogP contribution in [-0.4, -0.2) is 73.2 Å². The lowest BCUT2D eigenvalue weighted by atomic mass is 10.1. The largest absolute Gasteiger partial charge is 0.469 e. The van der Waals surface area contributed by atoms with Crippen LogP contribution in [0.1, 0.15) is 16.3 Å². The third-order valence-corrected chi connectivity index (χ3v) is 3.64. The number of nitrogens with one attached hydrogen (secondary N) is 3. The van der Waals surface area contributed by atoms with Crippen LogP contribution in [0, 0.1) is 5.41 Å². The molecule has 4 atom stereocenters. The maximum absolute atomic E-state index is 12.1. The molecular formula is C10H16N5O8P. The number of phosphoric acid groups is 1. The maximum atomic E-state index is 12.1. The van der Waals surface area contributed by atoms with Gasteiger partial charge in [-0.3, -0.25) is 9.32 Å². The van der Waals surface area contributed by atoms with Crippen LogP contribution in [0.4, 0.5) is 5.82 Å². The van der Waals surface area contributed by atoms with Crippen LogP contribution in [0.3, 0.4) is 0 Å². The highest BCUT2D eigenvalue weighted by Gasteiger charge is 2.44. The first-order chi connectivity index (χ1) is 11.1. The number of nitrogens with two attached hydrogens (primary N) is 1. The van der Waals surface area contributed by atoms with Crippen LogP contribution >= 0.6 is 7.82 Å². The lowest BCUT2D eigenvalue weighted by Gasteiger charge is -2.16. The molecule has 0 aromatic carbocycles. The average Bonchev–Trinajstić information content (AvgIpc) is 2.99. The van der Waals surface area contributed by atoms with Crippen molar-refractivity contribution in [2.24, 2.45) is 0 Å². The first-order valence-corrected chi connectivity index (χ1v) is 8.04. The first kappa shape index (κ1) is 18.5. The summed E-state index contributed by atoms with van der Waals surface area (Å²) in [5.74, 6) is -0.959. The third-order valence-electron chi connectivity index (χ3n) is 3.16. The fourth-order valence-electron chi connectivity index (χ4n) is 2.02. The molecule has 1 aliphatic heterocycles. The number of H-pyrrole nitrogens is 1. The predicted molar refractivity (Wildman–Crippen MR) is 77.0 cm³/mol. The van der Waals surface area contributed by atoms with Crippen molar-refractivity contribution < 1.29 is 38.6 Å². The van der Waals surface area contributed by atoms with Crippen molar-refractivity contribution >= 4 is 25.8 Å². The van der Waals surface area contributed by atoms with Gasteiger partial charge in [-0.15, -0.1) is 0 Å². The second-order valence-corrected chi connectivity index (χ2v) is 6.10. The molecule has 0 spiro atoms. The minimum absolute atomic E-state index is 0.0403. The van der Waals surface area contributed by atoms with Gasteiger partial charge in [-0.05, 0) is 0 Å². The molecule has 134 valence electrons. The van der Waals surface area contributed by atoms with Crippen LogP contribution < -0.4 is 11.1 Å². The SMILES string of the molecule is N=Cc1nc(N)c(C(=O)NC2O[C@H](COP(=O)(O)O)[C@@H](O)[C@H]2O)[nH]1. The summed E-state index contributed by atoms with van der Waals surface area (Å²) in [5.41, 5.74) is 5.34. The fraction of sp³-hybridized carbons (Fsp3) is 0.500. The number of carbonyl (C=O) groups excluding carboxylic acids is 1. The van der Waals surface area contributed by atoms with E-state index in [9.17, 15) is 19.6 Å². The van der Waals surface area contributed by atoms with Gasteiger partial charge >= 0.3 is 7.82 Å². The molecule has 1 fully saturated rings. The number of imidazole rings is 1. The number of phosphoric ester groups is 1. The zero-order valence-corrected chi connectivity index (χ0v) is 12.9. The molecule has 13 nitrogen and oxygen atoms in total. The number of aromatic amines is 1. The molecule has 9 N–H and O–H groups in total. The lowest BCUT2D eigenvalue weighted by molar-refractivity contribution is -0.0300. The van der Waals surface area contributed by atoms with Gasteiger partial charge in [0.15, 0.2) is 17.9 Å². The van der Waals surface area contributed by atoms with E-state index < -0.39 is 44.9 Å². The number of aromatic nitrogens is 2. The van der Waals surface area contributed by atoms with Crippen molar-refractivity contribution in [2.75, 3.05) is 12.3 Å². The Bertz CT molecular complexity index is 674. The van der Waals surface area contributed by atoms with E-state index in [1.807, 2.05) is 0 Å². The van der Waals surface area contributed by atoms with E-state index in [0.29, 0.717) is 0 Å². The Morgan fingerprint density at radius 2 is 2.17 bits per heavy atom. The van der Waals surface area contributed by atoms with E-state index in [4.69, 9.17) is 25.7 Å². The van der Waals surface area contributed by atoms with E-state index in [1.165, 1.54) is 0 Å². The Morgan fingerprint density at radius 1 is 1.50 bits per heavy atom. The highest BCUT2D eigenvalue weighted by atomic mass is 31.2. The summed E-state index contributed by atoms with van der Waals surface area (Å²) in [6.07, 6.45) is -4.91. The van der Waals surface area contributed by atoms with Gasteiger partial charge in [-0.2, -0.15) is 0 Å². The minimum atomic E-state index is -4.78. The molecule has 1 aliphatic rings. The lowest BCUT2D eigenvalue weighted by Crippen LogP contribution is -2.44. The molecule has 0 bridgehead atoms. The molecule has 1 saturated heterocycles. The van der Waals surface area contributed by atoms with Crippen LogP contribution in [0.5, 0.6) is 0 Å². The minimum Gasteiger partial charge on any atom is -0.387 e. The number of anilines is 1. The molecule has 0 radical (unpaired) electrons. The Morgan fingerprint density at radius 3 is 2.71 bits per heavy atom. The molecule has 24 heavy (non-hydrogen) atoms. The molecule has 1 amide bonds. The smallest absolute Gasteiger partial charge is 0.387 e. The maximum Gasteiger partial charge on any atom is 0.469 e. The van der Waals surface area contributed by atoms with Crippen LogP contribution in [-0.2, 0) is 13.8 Å². The van der Waals surface area contributed by atoms with E-state index in [1.54, 1.807) is 0 Å². The number of nitrogens with zero attached hydrogens (tertiary/aromatic N) is 1. The van der Waals surface area contributed by atoms with Gasteiger partial charge in [0.05, 0.1) is 12.8 Å². The van der Waals surface area contributed by atoms with E-state index in [0.717, 1.165) is 6.21 Å². The summed E-state index contributed by atoms with van der Waals surface area (Å²) in [7, 11) is -4.78. The van der Waals surface area contributed by atoms with Crippen LogP contribution in [0.25, 0.3) is 0 Å². The molecule has 2 rings (SSSR count). The Hall–Kier alpha value is -1.86. The van der Waals surface area contributed by atoms with Crippen molar-refractivity contribution in [1.29, 1.82) is 5.41 Å². The number of aliphatic hydroxyl groups excluding tert-OH is 2. The zero-order chi connectivity index (χ0) is 18.1. The Labute approximate surface area is 134 Å². The van der Waals surface area contributed by atoms with Gasteiger partial charge < -0.3 is 46.2 Å². The molecule has 0 saturated carbocycles. The third kappa shape index (κ3) is 4.15. The van der Waals surface area contributed by atoms with Crippen molar-refractivity contribution in [2.45, 2.75) is 24.5 Å². The number of hydrogen-bond donors (Lipinski definition) is 8. The first-order valence-electron chi connectivity index (χ1n) is 6.51. The number of aliphatic hydroxyl groups is 2. The molecule has 0 aliphatic carbocycles. The van der Waals surface area contributed by atoms with Crippen LogP contribution in [0.2, 0.25) is 0 Å². The number of carbonyl (C=O) groups is 1. The van der Waals surface area contributed by atoms with Gasteiger partial charge in [0.2, 0.25) is 0 Å². The van der Waals surface area contributed by atoms with E-state index in [2.05, 4.69) is 19.8 Å². The average molecular weight is 365 g/mol. The van der Waals surface area contributed by atoms with Crippen molar-refractivity contribution in [3.05, 3.63) is 11.5 Å². The summed E-state index contributed by atoms with van der Waals surface area (Å²) < 4.78 is 20.0. The van der Waals surface area contributed by atoms with Gasteiger partial charge in [0.1, 0.15) is 24.0 Å². The molecular weight excluding hydrogens is 349 g/mol. The quantitative estimate of drug-likeness (QED) is 0.192. The van der Waals surface area contributed by atoms with Crippen molar-refractivity contribution in [3.8, 4) is 0 Å². The van der Waals surface area contributed by atoms with Gasteiger partial charge in [-0.1, -0.05) is 0 Å². The summed E-state index contributed by atoms with van der Waals surface area (Å²) in [4.78, 5) is 35.5. The summed E-state index contributed by atoms with van der Waals surface area (Å²) in [6, 6.07) is 0. The summed E-state index contributed by atoms with van der Waals surface area (Å²) in [5, 5.41) is 28.9. The topological polar surface area (TPSA) is 224 Å². The van der Waals surface area contributed by atoms with Crippen LogP contribution in [0.15, 0.2) is 0 Å². The van der Waals surface area contributed by atoms with Gasteiger partial charge in [-0.25, -0.2) is 9.55 Å². The highest BCUT2D eigenvalue weighted by Crippen LogP contribution is 2.37. The van der Waals surface area contributed by atoms with Gasteiger partial charge in [0, 0.05) is 0 Å². The molecule has 1 unspecified atom stereocenters. The fourth-order valence-corrected chi connectivity index (χ4v) is 2.37. The highest BCUT2D eigenvalue weighted by molar-refractivity contribution is 7.46. The second-order valence-electron chi connectivity index (χ2n) is 4.86. The summed E-state index contributed by atoms with van der Waals surface area (Å²) >= 11 is 0.